The van der Waals surface area contributed by atoms with Gasteiger partial charge >= 0.3 is 0 Å². The summed E-state index contributed by atoms with van der Waals surface area (Å²) in [6.07, 6.45) is 10.2. The SMILES string of the molecule is C=C(C[C@@H]1CCNC1)N[C@@H]1CCN(c2nc(N)c3ncn(C4CCC(CC)C4)c3n2)C1. The molecule has 8 nitrogen and oxygen atoms in total. The van der Waals surface area contributed by atoms with Crippen molar-refractivity contribution in [3.8, 4) is 0 Å². The fraction of sp³-hybridized carbons (Fsp3) is 0.696. The number of rotatable bonds is 7. The van der Waals surface area contributed by atoms with Crippen molar-refractivity contribution in [1.82, 2.24) is 30.2 Å². The number of nitrogens with two attached hydrogens (primary N) is 1. The fourth-order valence-electron chi connectivity index (χ4n) is 5.65. The molecule has 31 heavy (non-hydrogen) atoms. The van der Waals surface area contributed by atoms with Crippen molar-refractivity contribution in [1.29, 1.82) is 0 Å². The van der Waals surface area contributed by atoms with Gasteiger partial charge in [0.2, 0.25) is 5.95 Å². The fourth-order valence-corrected chi connectivity index (χ4v) is 5.65. The predicted molar refractivity (Wildman–Crippen MR) is 125 cm³/mol. The molecule has 0 bridgehead atoms. The summed E-state index contributed by atoms with van der Waals surface area (Å²) in [7, 11) is 0. The first kappa shape index (κ1) is 20.5. The van der Waals surface area contributed by atoms with Crippen LogP contribution in [0.2, 0.25) is 0 Å². The van der Waals surface area contributed by atoms with Crippen LogP contribution < -0.4 is 21.3 Å². The first-order valence-corrected chi connectivity index (χ1v) is 12.0. The molecule has 4 atom stereocenters. The van der Waals surface area contributed by atoms with Gasteiger partial charge in [0.25, 0.3) is 0 Å². The number of allylic oxidation sites excluding steroid dienone is 1. The molecule has 4 N–H and O–H groups in total. The molecule has 168 valence electrons. The molecule has 0 spiro atoms. The van der Waals surface area contributed by atoms with Crippen LogP contribution in [0.25, 0.3) is 11.2 Å². The third-order valence-corrected chi connectivity index (χ3v) is 7.50. The molecule has 2 aliphatic heterocycles. The van der Waals surface area contributed by atoms with Crippen LogP contribution in [-0.4, -0.2) is 51.7 Å². The van der Waals surface area contributed by atoms with E-state index in [-0.39, 0.29) is 0 Å². The summed E-state index contributed by atoms with van der Waals surface area (Å²) in [6.45, 7) is 10.6. The van der Waals surface area contributed by atoms with Crippen molar-refractivity contribution >= 4 is 22.9 Å². The van der Waals surface area contributed by atoms with E-state index in [0.29, 0.717) is 23.8 Å². The first-order chi connectivity index (χ1) is 15.1. The van der Waals surface area contributed by atoms with E-state index in [2.05, 4.69) is 43.6 Å². The Morgan fingerprint density at radius 1 is 1.26 bits per heavy atom. The Bertz CT molecular complexity index is 931. The van der Waals surface area contributed by atoms with Crippen LogP contribution in [0.3, 0.4) is 0 Å². The van der Waals surface area contributed by atoms with E-state index in [1.165, 1.54) is 32.1 Å². The van der Waals surface area contributed by atoms with E-state index in [0.717, 1.165) is 67.7 Å². The average molecular weight is 425 g/mol. The summed E-state index contributed by atoms with van der Waals surface area (Å²) < 4.78 is 2.25. The van der Waals surface area contributed by atoms with E-state index >= 15 is 0 Å². The van der Waals surface area contributed by atoms with Gasteiger partial charge in [-0.1, -0.05) is 19.9 Å². The third kappa shape index (κ3) is 4.22. The summed E-state index contributed by atoms with van der Waals surface area (Å²) >= 11 is 0. The maximum absolute atomic E-state index is 6.31. The molecule has 1 aliphatic carbocycles. The Labute approximate surface area is 184 Å². The maximum atomic E-state index is 6.31. The molecule has 2 saturated heterocycles. The van der Waals surface area contributed by atoms with Crippen molar-refractivity contribution in [3.63, 3.8) is 0 Å². The van der Waals surface area contributed by atoms with Crippen molar-refractivity contribution in [3.05, 3.63) is 18.6 Å². The molecule has 1 saturated carbocycles. The van der Waals surface area contributed by atoms with Crippen LogP contribution in [0.15, 0.2) is 18.6 Å². The molecule has 8 heteroatoms. The quantitative estimate of drug-likeness (QED) is 0.629. The number of fused-ring (bicyclic) bond motifs is 1. The first-order valence-electron chi connectivity index (χ1n) is 12.0. The summed E-state index contributed by atoms with van der Waals surface area (Å²) in [6, 6.07) is 0.853. The second-order valence-corrected chi connectivity index (χ2v) is 9.72. The van der Waals surface area contributed by atoms with Crippen molar-refractivity contribution in [2.24, 2.45) is 11.8 Å². The Morgan fingerprint density at radius 2 is 2.16 bits per heavy atom. The van der Waals surface area contributed by atoms with Gasteiger partial charge in [0, 0.05) is 30.9 Å². The standard InChI is InChI=1S/C23H36N8/c1-3-16-4-5-19(11-16)31-14-26-20-21(24)28-23(29-22(20)31)30-9-7-18(13-30)27-15(2)10-17-6-8-25-12-17/h14,16-19,25,27H,2-13H2,1H3,(H2,24,28,29)/t16?,17-,18+,19?/m0/s1. The largest absolute Gasteiger partial charge is 0.384 e. The van der Waals surface area contributed by atoms with Crippen LogP contribution in [0.5, 0.6) is 0 Å². The number of nitrogen functional groups attached to an aromatic ring is 1. The molecule has 3 fully saturated rings. The van der Waals surface area contributed by atoms with E-state index in [9.17, 15) is 0 Å². The summed E-state index contributed by atoms with van der Waals surface area (Å²) in [4.78, 5) is 16.4. The van der Waals surface area contributed by atoms with Crippen LogP contribution in [-0.2, 0) is 0 Å². The second-order valence-electron chi connectivity index (χ2n) is 9.72. The number of hydrogen-bond donors (Lipinski definition) is 3. The normalized spacial score (nSPS) is 28.6. The molecular weight excluding hydrogens is 388 g/mol. The van der Waals surface area contributed by atoms with Gasteiger partial charge in [-0.05, 0) is 63.5 Å². The highest BCUT2D eigenvalue weighted by atomic mass is 15.3. The van der Waals surface area contributed by atoms with Gasteiger partial charge in [0.1, 0.15) is 5.52 Å². The molecule has 0 amide bonds. The highest BCUT2D eigenvalue weighted by molar-refractivity contribution is 5.83. The number of imidazole rings is 1. The molecule has 3 aliphatic rings. The number of hydrogen-bond acceptors (Lipinski definition) is 7. The smallest absolute Gasteiger partial charge is 0.229 e. The second kappa shape index (κ2) is 8.65. The Morgan fingerprint density at radius 3 is 2.94 bits per heavy atom. The molecule has 2 aromatic rings. The van der Waals surface area contributed by atoms with E-state index in [1.807, 2.05) is 6.33 Å². The Hall–Kier alpha value is -2.35. The van der Waals surface area contributed by atoms with Gasteiger partial charge in [-0.3, -0.25) is 0 Å². The number of nitrogens with one attached hydrogen (secondary N) is 2. The lowest BCUT2D eigenvalue weighted by Gasteiger charge is -2.20. The van der Waals surface area contributed by atoms with Gasteiger partial charge < -0.3 is 25.8 Å². The maximum Gasteiger partial charge on any atom is 0.229 e. The van der Waals surface area contributed by atoms with E-state index < -0.39 is 0 Å². The van der Waals surface area contributed by atoms with Gasteiger partial charge in [0.05, 0.1) is 6.33 Å². The van der Waals surface area contributed by atoms with Crippen molar-refractivity contribution in [2.45, 2.75) is 64.0 Å². The minimum absolute atomic E-state index is 0.382. The zero-order valence-corrected chi connectivity index (χ0v) is 18.7. The molecule has 0 radical (unpaired) electrons. The van der Waals surface area contributed by atoms with Crippen LogP contribution in [0, 0.1) is 11.8 Å². The van der Waals surface area contributed by atoms with Crippen LogP contribution >= 0.6 is 0 Å². The predicted octanol–water partition coefficient (Wildman–Crippen LogP) is 2.84. The van der Waals surface area contributed by atoms with Crippen LogP contribution in [0.4, 0.5) is 11.8 Å². The van der Waals surface area contributed by atoms with Gasteiger partial charge in [0.15, 0.2) is 11.5 Å². The minimum Gasteiger partial charge on any atom is -0.384 e. The zero-order chi connectivity index (χ0) is 21.4. The van der Waals surface area contributed by atoms with E-state index in [1.54, 1.807) is 0 Å². The molecule has 5 rings (SSSR count). The topological polar surface area (TPSA) is 96.9 Å². The summed E-state index contributed by atoms with van der Waals surface area (Å²) in [5.41, 5.74) is 9.08. The molecule has 2 aromatic heterocycles. The number of aromatic nitrogens is 4. The highest BCUT2D eigenvalue weighted by Gasteiger charge is 2.29. The summed E-state index contributed by atoms with van der Waals surface area (Å²) in [5, 5.41) is 7.09. The molecular formula is C23H36N8. The molecule has 2 unspecified atom stereocenters. The Kier molecular flexibility index (Phi) is 5.73. The lowest BCUT2D eigenvalue weighted by Crippen LogP contribution is -2.33. The third-order valence-electron chi connectivity index (χ3n) is 7.50. The van der Waals surface area contributed by atoms with Crippen molar-refractivity contribution in [2.75, 3.05) is 36.8 Å². The van der Waals surface area contributed by atoms with Gasteiger partial charge in [-0.25, -0.2) is 4.98 Å². The minimum atomic E-state index is 0.382. The van der Waals surface area contributed by atoms with Gasteiger partial charge in [-0.2, -0.15) is 9.97 Å². The number of nitrogens with zero attached hydrogens (tertiary/aromatic N) is 5. The lowest BCUT2D eigenvalue weighted by molar-refractivity contribution is 0.473. The van der Waals surface area contributed by atoms with E-state index in [4.69, 9.17) is 10.7 Å². The Balaban J connectivity index is 1.28. The number of anilines is 2. The average Bonchev–Trinajstić information content (AvgIpc) is 3.54. The zero-order valence-electron chi connectivity index (χ0n) is 18.7. The monoisotopic (exact) mass is 424 g/mol. The summed E-state index contributed by atoms with van der Waals surface area (Å²) in [5.74, 6) is 2.73. The highest BCUT2D eigenvalue weighted by Crippen LogP contribution is 2.38. The molecule has 4 heterocycles. The van der Waals surface area contributed by atoms with Crippen LogP contribution in [0.1, 0.15) is 57.9 Å². The lowest BCUT2D eigenvalue weighted by atomic mass is 10.0. The molecule has 0 aromatic carbocycles. The van der Waals surface area contributed by atoms with Crippen molar-refractivity contribution < 1.29 is 0 Å². The van der Waals surface area contributed by atoms with Gasteiger partial charge in [-0.15, -0.1) is 0 Å².